The number of ether oxygens (including phenoxy) is 2. The molecule has 0 radical (unpaired) electrons. The van der Waals surface area contributed by atoms with Gasteiger partial charge in [0, 0.05) is 45.1 Å². The molecule has 2 heterocycles. The zero-order chi connectivity index (χ0) is 85.6. The molecule has 10 aromatic carbocycles. The normalized spacial score (nSPS) is 12.7. The lowest BCUT2D eigenvalue weighted by Gasteiger charge is -2.15. The highest BCUT2D eigenvalue weighted by Crippen LogP contribution is 2.42. The molecular weight excluding hydrogens is 1710 g/mol. The summed E-state index contributed by atoms with van der Waals surface area (Å²) in [7, 11) is -37.1. The van der Waals surface area contributed by atoms with Crippen molar-refractivity contribution in [3.63, 3.8) is 0 Å². The molecule has 42 nitrogen and oxygen atoms in total. The van der Waals surface area contributed by atoms with E-state index in [0.29, 0.717) is 11.1 Å². The first-order chi connectivity index (χ1) is 55.1. The molecule has 0 atom stereocenters. The number of methoxy groups -OCH3 is 2. The zero-order valence-corrected chi connectivity index (χ0v) is 66.5. The van der Waals surface area contributed by atoms with Gasteiger partial charge < -0.3 is 41.4 Å². The molecule has 0 unspecified atom stereocenters. The van der Waals surface area contributed by atoms with Crippen LogP contribution in [0.3, 0.4) is 0 Å². The van der Waals surface area contributed by atoms with Gasteiger partial charge in [-0.15, -0.1) is 0 Å². The molecule has 0 aliphatic heterocycles. The topological polar surface area (TPSA) is 652 Å². The molecule has 0 bridgehead atoms. The zero-order valence-electron chi connectivity index (χ0n) is 60.0. The predicted octanol–water partition coefficient (Wildman–Crippen LogP) is 12.4. The van der Waals surface area contributed by atoms with Crippen molar-refractivity contribution >= 4 is 207 Å². The maximum absolute atomic E-state index is 13.3. The SMILES string of the molecule is COc1cc(N=Nc2cc(S(=O)(=O)O)c3cccc(S(=O)(=O)O)c3c2)c(C)cc1Nc1nc(Nc2ccc(S(=O)(=O)O)cc2)nc(Nc2ccc(C=Cc3ccc(Nc4nc(Nc5ccc(S(=O)(=O)O)cc5)nc(Nc5cc(C)c(N=Nc6cc(S(=O)(=O)O)c7cccc(S(=O)(=O)O)c7c6)cc5OC)n4)c(S(=O)(=O)O)c3)cc2S(=O)(=O)O)n1. The fourth-order valence-corrected chi connectivity index (χ4v) is 16.5. The van der Waals surface area contributed by atoms with Crippen LogP contribution in [0.1, 0.15) is 22.3 Å². The molecule has 12 aromatic rings. The molecule has 50 heteroatoms. The number of aromatic nitrogens is 6. The average molecular weight is 1770 g/mol. The van der Waals surface area contributed by atoms with Crippen LogP contribution in [0.2, 0.25) is 0 Å². The van der Waals surface area contributed by atoms with Crippen LogP contribution in [0.5, 0.6) is 11.5 Å². The fraction of sp³-hybridized carbons (Fsp3) is 0.0588. The van der Waals surface area contributed by atoms with E-state index >= 15 is 0 Å². The van der Waals surface area contributed by atoms with Gasteiger partial charge in [-0.25, -0.2) is 0 Å². The third-order valence-electron chi connectivity index (χ3n) is 16.6. The van der Waals surface area contributed by atoms with Gasteiger partial charge >= 0.3 is 0 Å². The summed E-state index contributed by atoms with van der Waals surface area (Å²) in [4.78, 5) is 20.8. The van der Waals surface area contributed by atoms with E-state index < -0.39 is 132 Å². The largest absolute Gasteiger partial charge is 0.494 e. The van der Waals surface area contributed by atoms with Gasteiger partial charge in [-0.2, -0.15) is 118 Å². The fourth-order valence-electron chi connectivity index (χ4n) is 11.3. The number of fused-ring (bicyclic) bond motifs is 2. The van der Waals surface area contributed by atoms with Crippen molar-refractivity contribution in [3.8, 4) is 11.5 Å². The second-order valence-electron chi connectivity index (χ2n) is 24.7. The number of nitrogens with one attached hydrogen (secondary N) is 6. The minimum atomic E-state index is -5.21. The Balaban J connectivity index is 0.834. The molecule has 0 aliphatic rings. The Morgan fingerprint density at radius 3 is 0.898 bits per heavy atom. The summed E-state index contributed by atoms with van der Waals surface area (Å²) in [6, 6.07) is 32.5. The first-order valence-corrected chi connectivity index (χ1v) is 44.1. The quantitative estimate of drug-likeness (QED) is 0.0123. The van der Waals surface area contributed by atoms with Crippen molar-refractivity contribution in [3.05, 3.63) is 192 Å². The van der Waals surface area contributed by atoms with Crippen LogP contribution in [-0.4, -0.2) is 148 Å². The van der Waals surface area contributed by atoms with Crippen molar-refractivity contribution < 1.29 is 113 Å². The van der Waals surface area contributed by atoms with E-state index in [-0.39, 0.29) is 125 Å². The number of aryl methyl sites for hydroxylation is 2. The van der Waals surface area contributed by atoms with E-state index in [1.165, 1.54) is 111 Å². The van der Waals surface area contributed by atoms with Gasteiger partial charge in [0.25, 0.3) is 80.9 Å². The third kappa shape index (κ3) is 20.1. The maximum atomic E-state index is 13.3. The van der Waals surface area contributed by atoms with E-state index in [2.05, 4.69) is 82.3 Å². The lowest BCUT2D eigenvalue weighted by molar-refractivity contribution is 0.416. The molecule has 14 N–H and O–H groups in total. The highest BCUT2D eigenvalue weighted by Gasteiger charge is 2.27. The van der Waals surface area contributed by atoms with E-state index in [4.69, 9.17) is 9.47 Å². The van der Waals surface area contributed by atoms with Gasteiger partial charge in [0.15, 0.2) is 0 Å². The van der Waals surface area contributed by atoms with E-state index in [1.54, 1.807) is 13.8 Å². The van der Waals surface area contributed by atoms with Gasteiger partial charge in [0.05, 0.1) is 69.5 Å². The summed E-state index contributed by atoms with van der Waals surface area (Å²) in [6.07, 6.45) is 2.57. The summed E-state index contributed by atoms with van der Waals surface area (Å²) in [6.45, 7) is 3.10. The molecule has 0 saturated carbocycles. The Bertz CT molecular complexity index is 6820. The second-order valence-corrected chi connectivity index (χ2v) is 35.9. The van der Waals surface area contributed by atoms with Gasteiger partial charge in [-0.05, 0) is 157 Å². The summed E-state index contributed by atoms with van der Waals surface area (Å²) < 4.78 is 292. The van der Waals surface area contributed by atoms with Crippen LogP contribution in [0, 0.1) is 13.8 Å². The Labute approximate surface area is 669 Å². The predicted molar refractivity (Wildman–Crippen MR) is 424 cm³/mol. The molecule has 0 aliphatic carbocycles. The monoisotopic (exact) mass is 1770 g/mol. The molecule has 12 rings (SSSR count). The number of hydrogen-bond donors (Lipinski definition) is 14. The van der Waals surface area contributed by atoms with Crippen LogP contribution in [0.15, 0.2) is 229 Å². The molecule has 0 amide bonds. The lowest BCUT2D eigenvalue weighted by Crippen LogP contribution is -2.10. The van der Waals surface area contributed by atoms with Crippen molar-refractivity contribution in [2.24, 2.45) is 20.5 Å². The molecule has 0 spiro atoms. The number of hydrogen-bond acceptors (Lipinski definition) is 34. The maximum Gasteiger partial charge on any atom is 0.296 e. The first-order valence-electron chi connectivity index (χ1n) is 32.6. The Morgan fingerprint density at radius 2 is 0.602 bits per heavy atom. The number of azo groups is 2. The third-order valence-corrected chi connectivity index (χ3v) is 23.7. The van der Waals surface area contributed by atoms with Gasteiger partial charge in [0.1, 0.15) is 40.9 Å². The Hall–Kier alpha value is -12.6. The van der Waals surface area contributed by atoms with Crippen LogP contribution in [0.4, 0.5) is 92.6 Å². The van der Waals surface area contributed by atoms with E-state index in [9.17, 15) is 104 Å². The number of nitrogens with zero attached hydrogens (tertiary/aromatic N) is 10. The van der Waals surface area contributed by atoms with Gasteiger partial charge in [-0.3, -0.25) is 36.4 Å². The minimum Gasteiger partial charge on any atom is -0.494 e. The Kier molecular flexibility index (Phi) is 23.3. The highest BCUT2D eigenvalue weighted by atomic mass is 32.2. The van der Waals surface area contributed by atoms with Crippen molar-refractivity contribution in [1.29, 1.82) is 0 Å². The standard InChI is InChI=1S/C68H56N16O26S8/c1-35-25-53(55(109-3)33-51(35)83-81-41-29-47-45(59(31-41)115(97,98)99)7-5-9-57(47)113(91,92)93)73-67-77-63(69-39-15-19-43(20-16-39)111(85,86)87)75-65(79-67)71-49-23-13-37(27-61(49)117(103,104)105)11-12-38-14-24-50(62(28-38)118(106,107)108)72-66-76-64(70-40-17-21-44(22-18-40)112(88,89)90)78-68(80-66)74-54-26-36(2)52(34-56(54)110-4)84-82-42-30-48-46(60(32-42)116(100,101)102)8-6-10-58(48)114(94,95)96/h5-34H,1-4H3,(H,85,86,87)(H,88,89,90)(H,91,92,93)(H,94,95,96)(H,97,98,99)(H,100,101,102)(H,103,104,105)(H,106,107,108)(H3,69,71,73,75,77,79)(H3,70,72,74,76,78,80). The van der Waals surface area contributed by atoms with Crippen molar-refractivity contribution in [2.75, 3.05) is 46.1 Å². The summed E-state index contributed by atoms with van der Waals surface area (Å²) in [5, 5.41) is 32.4. The van der Waals surface area contributed by atoms with Gasteiger partial charge in [0.2, 0.25) is 35.7 Å². The average Bonchev–Trinajstić information content (AvgIpc) is 0.762. The minimum absolute atomic E-state index is 0.0110. The number of rotatable bonds is 28. The molecule has 612 valence electrons. The molecule has 118 heavy (non-hydrogen) atoms. The second kappa shape index (κ2) is 32.4. The van der Waals surface area contributed by atoms with Crippen LogP contribution >= 0.6 is 0 Å². The smallest absolute Gasteiger partial charge is 0.296 e. The summed E-state index contributed by atoms with van der Waals surface area (Å²) >= 11 is 0. The molecule has 0 fully saturated rings. The molecular formula is C68H56N16O26S8. The lowest BCUT2D eigenvalue weighted by atomic mass is 10.1. The number of benzene rings is 10. The van der Waals surface area contributed by atoms with Crippen molar-refractivity contribution in [1.82, 2.24) is 29.9 Å². The molecule has 0 saturated heterocycles. The molecule has 2 aromatic heterocycles. The van der Waals surface area contributed by atoms with Gasteiger partial charge in [-0.1, -0.05) is 48.6 Å². The van der Waals surface area contributed by atoms with E-state index in [1.807, 2.05) is 0 Å². The number of anilines is 12. The van der Waals surface area contributed by atoms with Crippen LogP contribution in [0.25, 0.3) is 33.7 Å². The summed E-state index contributed by atoms with van der Waals surface area (Å²) in [5.74, 6) is -2.12. The first kappa shape index (κ1) is 84.7. The van der Waals surface area contributed by atoms with Crippen LogP contribution in [-0.2, 0) is 80.9 Å². The van der Waals surface area contributed by atoms with E-state index in [0.717, 1.165) is 84.9 Å². The van der Waals surface area contributed by atoms with Crippen LogP contribution < -0.4 is 41.4 Å². The Morgan fingerprint density at radius 1 is 0.297 bits per heavy atom. The highest BCUT2D eigenvalue weighted by molar-refractivity contribution is 7.88. The summed E-state index contributed by atoms with van der Waals surface area (Å²) in [5.41, 5.74) is 0.0808. The van der Waals surface area contributed by atoms with Crippen molar-refractivity contribution in [2.45, 2.75) is 53.0 Å².